The van der Waals surface area contributed by atoms with Crippen LogP contribution in [-0.2, 0) is 0 Å². The Bertz CT molecular complexity index is 436. The summed E-state index contributed by atoms with van der Waals surface area (Å²) in [7, 11) is 0. The van der Waals surface area contributed by atoms with Crippen LogP contribution in [-0.4, -0.2) is 6.61 Å². The molecule has 16 heavy (non-hydrogen) atoms. The molecule has 0 aliphatic rings. The van der Waals surface area contributed by atoms with Gasteiger partial charge in [0.25, 0.3) is 0 Å². The van der Waals surface area contributed by atoms with E-state index in [1.807, 2.05) is 20.8 Å². The molecule has 0 amide bonds. The molecular weight excluding hydrogens is 245 g/mol. The average Bonchev–Trinajstić information content (AvgIpc) is 2.22. The summed E-state index contributed by atoms with van der Waals surface area (Å²) in [5.41, 5.74) is 2.02. The van der Waals surface area contributed by atoms with Crippen molar-refractivity contribution in [3.8, 4) is 11.8 Å². The summed E-state index contributed by atoms with van der Waals surface area (Å²) in [4.78, 5) is 0. The van der Waals surface area contributed by atoms with E-state index < -0.39 is 0 Å². The van der Waals surface area contributed by atoms with Crippen LogP contribution < -0.4 is 4.74 Å². The largest absolute Gasteiger partial charge is 0.493 e. The number of alkyl halides is 1. The molecular formula is C12H13Cl2NO. The number of halogens is 2. The van der Waals surface area contributed by atoms with E-state index in [1.54, 1.807) is 6.07 Å². The summed E-state index contributed by atoms with van der Waals surface area (Å²) in [6.45, 7) is 6.09. The molecule has 0 fully saturated rings. The molecule has 0 N–H and O–H groups in total. The van der Waals surface area contributed by atoms with Crippen molar-refractivity contribution in [2.75, 3.05) is 6.61 Å². The summed E-state index contributed by atoms with van der Waals surface area (Å²) >= 11 is 12.1. The zero-order chi connectivity index (χ0) is 12.3. The molecule has 0 saturated heterocycles. The highest BCUT2D eigenvalue weighted by Crippen LogP contribution is 2.37. The van der Waals surface area contributed by atoms with Crippen LogP contribution in [0.2, 0.25) is 5.02 Å². The molecule has 1 atom stereocenters. The van der Waals surface area contributed by atoms with Crippen LogP contribution in [0.1, 0.15) is 35.9 Å². The highest BCUT2D eigenvalue weighted by atomic mass is 35.5. The lowest BCUT2D eigenvalue weighted by Crippen LogP contribution is -2.02. The third-order valence-corrected chi connectivity index (χ3v) is 2.86. The Morgan fingerprint density at radius 1 is 1.56 bits per heavy atom. The van der Waals surface area contributed by atoms with Gasteiger partial charge in [0, 0.05) is 11.1 Å². The Labute approximate surface area is 106 Å². The molecule has 0 bridgehead atoms. The van der Waals surface area contributed by atoms with Crippen molar-refractivity contribution >= 4 is 23.2 Å². The molecule has 0 spiro atoms. The van der Waals surface area contributed by atoms with E-state index in [0.29, 0.717) is 22.9 Å². The third kappa shape index (κ3) is 2.42. The maximum Gasteiger partial charge on any atom is 0.128 e. The van der Waals surface area contributed by atoms with E-state index in [9.17, 15) is 0 Å². The van der Waals surface area contributed by atoms with E-state index in [2.05, 4.69) is 6.07 Å². The molecule has 1 rings (SSSR count). The molecule has 0 aromatic heterocycles. The van der Waals surface area contributed by atoms with Gasteiger partial charge in [-0.05, 0) is 26.8 Å². The topological polar surface area (TPSA) is 33.0 Å². The van der Waals surface area contributed by atoms with Gasteiger partial charge in [-0.15, -0.1) is 11.6 Å². The highest BCUT2D eigenvalue weighted by molar-refractivity contribution is 6.32. The van der Waals surface area contributed by atoms with E-state index in [0.717, 1.165) is 11.1 Å². The molecule has 4 heteroatoms. The summed E-state index contributed by atoms with van der Waals surface area (Å²) < 4.78 is 5.53. The van der Waals surface area contributed by atoms with Crippen LogP contribution >= 0.6 is 23.2 Å². The Balaban J connectivity index is 3.47. The van der Waals surface area contributed by atoms with Crippen LogP contribution in [0.4, 0.5) is 0 Å². The molecule has 1 aromatic carbocycles. The van der Waals surface area contributed by atoms with Crippen LogP contribution in [0.25, 0.3) is 0 Å². The SMILES string of the molecule is CCOc1c(C(C)Cl)cc(Cl)c(C#N)c1C. The second-order valence-electron chi connectivity index (χ2n) is 3.44. The van der Waals surface area contributed by atoms with Gasteiger partial charge in [-0.3, -0.25) is 0 Å². The second kappa shape index (κ2) is 5.43. The van der Waals surface area contributed by atoms with Crippen LogP contribution in [0, 0.1) is 18.3 Å². The van der Waals surface area contributed by atoms with E-state index >= 15 is 0 Å². The van der Waals surface area contributed by atoms with Gasteiger partial charge in [-0.25, -0.2) is 0 Å². The van der Waals surface area contributed by atoms with Crippen molar-refractivity contribution in [3.63, 3.8) is 0 Å². The first-order valence-electron chi connectivity index (χ1n) is 5.02. The second-order valence-corrected chi connectivity index (χ2v) is 4.50. The fourth-order valence-electron chi connectivity index (χ4n) is 1.55. The van der Waals surface area contributed by atoms with Gasteiger partial charge in [0.15, 0.2) is 0 Å². The lowest BCUT2D eigenvalue weighted by molar-refractivity contribution is 0.334. The van der Waals surface area contributed by atoms with Crippen molar-refractivity contribution in [2.45, 2.75) is 26.1 Å². The van der Waals surface area contributed by atoms with E-state index in [1.165, 1.54) is 0 Å². The van der Waals surface area contributed by atoms with Gasteiger partial charge >= 0.3 is 0 Å². The van der Waals surface area contributed by atoms with Gasteiger partial charge in [0.05, 0.1) is 22.6 Å². The number of benzene rings is 1. The highest BCUT2D eigenvalue weighted by Gasteiger charge is 2.17. The lowest BCUT2D eigenvalue weighted by atomic mass is 10.0. The van der Waals surface area contributed by atoms with Crippen molar-refractivity contribution in [1.82, 2.24) is 0 Å². The predicted octanol–water partition coefficient (Wildman–Crippen LogP) is 4.22. The summed E-state index contributed by atoms with van der Waals surface area (Å²) in [5.74, 6) is 0.672. The molecule has 0 aliphatic heterocycles. The van der Waals surface area contributed by atoms with E-state index in [-0.39, 0.29) is 5.38 Å². The number of ether oxygens (including phenoxy) is 1. The zero-order valence-electron chi connectivity index (χ0n) is 9.47. The minimum Gasteiger partial charge on any atom is -0.493 e. The third-order valence-electron chi connectivity index (χ3n) is 2.33. The van der Waals surface area contributed by atoms with Crippen molar-refractivity contribution in [1.29, 1.82) is 5.26 Å². The quantitative estimate of drug-likeness (QED) is 0.760. The smallest absolute Gasteiger partial charge is 0.128 e. The normalized spacial score (nSPS) is 12.0. The van der Waals surface area contributed by atoms with Crippen molar-refractivity contribution in [3.05, 3.63) is 27.8 Å². The number of rotatable bonds is 3. The first-order chi connectivity index (χ1) is 7.52. The Morgan fingerprint density at radius 3 is 2.62 bits per heavy atom. The number of nitrogens with zero attached hydrogens (tertiary/aromatic N) is 1. The zero-order valence-corrected chi connectivity index (χ0v) is 11.0. The minimum absolute atomic E-state index is 0.203. The average molecular weight is 258 g/mol. The van der Waals surface area contributed by atoms with Crippen molar-refractivity contribution < 1.29 is 4.74 Å². The van der Waals surface area contributed by atoms with Gasteiger partial charge in [-0.2, -0.15) is 5.26 Å². The fourth-order valence-corrected chi connectivity index (χ4v) is 2.02. The molecule has 0 heterocycles. The molecule has 0 aliphatic carbocycles. The first-order valence-corrected chi connectivity index (χ1v) is 5.84. The summed E-state index contributed by atoms with van der Waals surface area (Å²) in [5, 5.41) is 9.22. The minimum atomic E-state index is -0.203. The van der Waals surface area contributed by atoms with Gasteiger partial charge < -0.3 is 4.74 Å². The first kappa shape index (κ1) is 13.2. The van der Waals surface area contributed by atoms with Gasteiger partial charge in [-0.1, -0.05) is 11.6 Å². The van der Waals surface area contributed by atoms with Crippen LogP contribution in [0.3, 0.4) is 0 Å². The molecule has 0 saturated carbocycles. The molecule has 1 aromatic rings. The van der Waals surface area contributed by atoms with Gasteiger partial charge in [0.2, 0.25) is 0 Å². The number of hydrogen-bond donors (Lipinski definition) is 0. The predicted molar refractivity (Wildman–Crippen MR) is 66.3 cm³/mol. The monoisotopic (exact) mass is 257 g/mol. The maximum atomic E-state index is 9.00. The van der Waals surface area contributed by atoms with Crippen LogP contribution in [0.5, 0.6) is 5.75 Å². The van der Waals surface area contributed by atoms with E-state index in [4.69, 9.17) is 33.2 Å². The number of nitriles is 1. The Hall–Kier alpha value is -0.910. The van der Waals surface area contributed by atoms with Crippen LogP contribution in [0.15, 0.2) is 6.07 Å². The van der Waals surface area contributed by atoms with Gasteiger partial charge in [0.1, 0.15) is 11.8 Å². The molecule has 86 valence electrons. The standard InChI is InChI=1S/C12H13Cl2NO/c1-4-16-12-7(2)10(6-15)11(14)5-9(12)8(3)13/h5,8H,4H2,1-3H3. The maximum absolute atomic E-state index is 9.00. The fraction of sp³-hybridized carbons (Fsp3) is 0.417. The molecule has 0 radical (unpaired) electrons. The summed E-state index contributed by atoms with van der Waals surface area (Å²) in [6.07, 6.45) is 0. The van der Waals surface area contributed by atoms with Crippen molar-refractivity contribution in [2.24, 2.45) is 0 Å². The Kier molecular flexibility index (Phi) is 4.46. The number of hydrogen-bond acceptors (Lipinski definition) is 2. The Morgan fingerprint density at radius 2 is 2.19 bits per heavy atom. The summed E-state index contributed by atoms with van der Waals surface area (Å²) in [6, 6.07) is 3.78. The lowest BCUT2D eigenvalue weighted by Gasteiger charge is -2.16. The molecule has 1 unspecified atom stereocenters. The molecule has 2 nitrogen and oxygen atoms in total.